The molecule has 0 aliphatic heterocycles. The van der Waals surface area contributed by atoms with Gasteiger partial charge in [0.25, 0.3) is 0 Å². The molecule has 2 aromatic rings. The van der Waals surface area contributed by atoms with Gasteiger partial charge in [-0.25, -0.2) is 8.42 Å². The molecule has 1 unspecified atom stereocenters. The Morgan fingerprint density at radius 3 is 2.62 bits per heavy atom. The summed E-state index contributed by atoms with van der Waals surface area (Å²) in [5.41, 5.74) is 0.636. The standard InChI is InChI=1S/C15H18ClNO2S2/c1-3-13(14-7-5-9-20-14)17-10-11-12(16)6-4-8-15(11)21(2,18)19/h4-9,13,17H,3,10H2,1-2H3. The van der Waals surface area contributed by atoms with Crippen molar-refractivity contribution in [3.63, 3.8) is 0 Å². The van der Waals surface area contributed by atoms with Crippen LogP contribution in [0.1, 0.15) is 29.8 Å². The highest BCUT2D eigenvalue weighted by atomic mass is 35.5. The third-order valence-corrected chi connectivity index (χ3v) is 5.82. The van der Waals surface area contributed by atoms with E-state index in [0.29, 0.717) is 22.0 Å². The van der Waals surface area contributed by atoms with E-state index < -0.39 is 9.84 Å². The molecule has 0 amide bonds. The summed E-state index contributed by atoms with van der Waals surface area (Å²) in [7, 11) is -3.29. The van der Waals surface area contributed by atoms with E-state index in [1.165, 1.54) is 11.1 Å². The van der Waals surface area contributed by atoms with Crippen LogP contribution in [-0.2, 0) is 16.4 Å². The topological polar surface area (TPSA) is 46.2 Å². The molecule has 0 spiro atoms. The maximum absolute atomic E-state index is 11.9. The quantitative estimate of drug-likeness (QED) is 0.860. The maximum atomic E-state index is 11.9. The smallest absolute Gasteiger partial charge is 0.175 e. The minimum Gasteiger partial charge on any atom is -0.305 e. The molecule has 0 fully saturated rings. The monoisotopic (exact) mass is 343 g/mol. The van der Waals surface area contributed by atoms with Crippen LogP contribution >= 0.6 is 22.9 Å². The number of halogens is 1. The Kier molecular flexibility index (Phi) is 5.43. The lowest BCUT2D eigenvalue weighted by Crippen LogP contribution is -2.21. The summed E-state index contributed by atoms with van der Waals surface area (Å²) >= 11 is 7.88. The molecule has 0 aliphatic carbocycles. The zero-order chi connectivity index (χ0) is 15.5. The lowest BCUT2D eigenvalue weighted by molar-refractivity contribution is 0.522. The molecule has 1 aromatic carbocycles. The average Bonchev–Trinajstić information content (AvgIpc) is 2.93. The van der Waals surface area contributed by atoms with E-state index in [1.807, 2.05) is 11.4 Å². The highest BCUT2D eigenvalue weighted by molar-refractivity contribution is 7.90. The molecule has 0 saturated carbocycles. The molecule has 3 nitrogen and oxygen atoms in total. The predicted molar refractivity (Wildman–Crippen MR) is 88.8 cm³/mol. The first kappa shape index (κ1) is 16.5. The molecule has 1 N–H and O–H groups in total. The summed E-state index contributed by atoms with van der Waals surface area (Å²) in [4.78, 5) is 1.54. The molecule has 0 saturated heterocycles. The molecule has 1 heterocycles. The van der Waals surface area contributed by atoms with Crippen LogP contribution in [0.3, 0.4) is 0 Å². The normalized spacial score (nSPS) is 13.3. The van der Waals surface area contributed by atoms with E-state index in [9.17, 15) is 8.42 Å². The Labute approximate surface area is 134 Å². The molecule has 6 heteroatoms. The number of thiophene rings is 1. The molecule has 0 radical (unpaired) electrons. The van der Waals surface area contributed by atoms with Gasteiger partial charge in [0, 0.05) is 34.3 Å². The lowest BCUT2D eigenvalue weighted by Gasteiger charge is -2.17. The summed E-state index contributed by atoms with van der Waals surface area (Å²) < 4.78 is 23.7. The van der Waals surface area contributed by atoms with E-state index in [-0.39, 0.29) is 6.04 Å². The molecular formula is C15H18ClNO2S2. The summed E-state index contributed by atoms with van der Waals surface area (Å²) in [6.07, 6.45) is 2.14. The van der Waals surface area contributed by atoms with E-state index in [0.717, 1.165) is 6.42 Å². The van der Waals surface area contributed by atoms with Crippen molar-refractivity contribution in [2.24, 2.45) is 0 Å². The van der Waals surface area contributed by atoms with Gasteiger partial charge >= 0.3 is 0 Å². The van der Waals surface area contributed by atoms with Crippen LogP contribution in [0.4, 0.5) is 0 Å². The number of nitrogens with one attached hydrogen (secondary N) is 1. The second-order valence-corrected chi connectivity index (χ2v) is 8.22. The fourth-order valence-corrected chi connectivity index (χ4v) is 4.36. The van der Waals surface area contributed by atoms with Gasteiger partial charge in [0.15, 0.2) is 9.84 Å². The number of sulfone groups is 1. The first-order chi connectivity index (χ1) is 9.93. The number of rotatable bonds is 6. The van der Waals surface area contributed by atoms with Gasteiger partial charge < -0.3 is 5.32 Å². The third kappa shape index (κ3) is 4.07. The highest BCUT2D eigenvalue weighted by Crippen LogP contribution is 2.26. The SMILES string of the molecule is CCC(NCc1c(Cl)cccc1S(C)(=O)=O)c1cccs1. The molecular weight excluding hydrogens is 326 g/mol. The van der Waals surface area contributed by atoms with Gasteiger partial charge in [-0.05, 0) is 30.0 Å². The molecule has 114 valence electrons. The number of hydrogen-bond donors (Lipinski definition) is 1. The summed E-state index contributed by atoms with van der Waals surface area (Å²) in [5.74, 6) is 0. The van der Waals surface area contributed by atoms with Gasteiger partial charge in [0.1, 0.15) is 0 Å². The van der Waals surface area contributed by atoms with Crippen LogP contribution < -0.4 is 5.32 Å². The van der Waals surface area contributed by atoms with E-state index in [2.05, 4.69) is 18.3 Å². The predicted octanol–water partition coefficient (Wildman–Crippen LogP) is 4.05. The van der Waals surface area contributed by atoms with Gasteiger partial charge in [-0.3, -0.25) is 0 Å². The van der Waals surface area contributed by atoms with E-state index in [1.54, 1.807) is 29.5 Å². The molecule has 2 rings (SSSR count). The van der Waals surface area contributed by atoms with Crippen LogP contribution in [0.15, 0.2) is 40.6 Å². The van der Waals surface area contributed by atoms with Crippen molar-refractivity contribution in [1.29, 1.82) is 0 Å². The largest absolute Gasteiger partial charge is 0.305 e. The van der Waals surface area contributed by atoms with Crippen molar-refractivity contribution in [1.82, 2.24) is 5.32 Å². The fraction of sp³-hybridized carbons (Fsp3) is 0.333. The second-order valence-electron chi connectivity index (χ2n) is 4.85. The summed E-state index contributed by atoms with van der Waals surface area (Å²) in [6, 6.07) is 9.29. The molecule has 1 atom stereocenters. The first-order valence-corrected chi connectivity index (χ1v) is 9.82. The summed E-state index contributed by atoms with van der Waals surface area (Å²) in [6.45, 7) is 2.53. The Morgan fingerprint density at radius 1 is 1.29 bits per heavy atom. The highest BCUT2D eigenvalue weighted by Gasteiger charge is 2.17. The van der Waals surface area contributed by atoms with Gasteiger partial charge in [-0.15, -0.1) is 11.3 Å². The lowest BCUT2D eigenvalue weighted by atomic mass is 10.1. The van der Waals surface area contributed by atoms with Crippen molar-refractivity contribution in [2.45, 2.75) is 30.8 Å². The number of hydrogen-bond acceptors (Lipinski definition) is 4. The molecule has 0 aliphatic rings. The van der Waals surface area contributed by atoms with Gasteiger partial charge in [0.2, 0.25) is 0 Å². The average molecular weight is 344 g/mol. The third-order valence-electron chi connectivity index (χ3n) is 3.30. The zero-order valence-electron chi connectivity index (χ0n) is 12.0. The van der Waals surface area contributed by atoms with Crippen molar-refractivity contribution in [2.75, 3.05) is 6.26 Å². The van der Waals surface area contributed by atoms with Crippen LogP contribution in [0, 0.1) is 0 Å². The summed E-state index contributed by atoms with van der Waals surface area (Å²) in [5, 5.41) is 5.92. The molecule has 21 heavy (non-hydrogen) atoms. The Balaban J connectivity index is 2.24. The van der Waals surface area contributed by atoms with Crippen LogP contribution in [0.25, 0.3) is 0 Å². The van der Waals surface area contributed by atoms with Crippen LogP contribution in [0.5, 0.6) is 0 Å². The van der Waals surface area contributed by atoms with Crippen molar-refractivity contribution >= 4 is 32.8 Å². The molecule has 0 bridgehead atoms. The van der Waals surface area contributed by atoms with Gasteiger partial charge in [0.05, 0.1) is 4.90 Å². The van der Waals surface area contributed by atoms with Crippen molar-refractivity contribution in [3.05, 3.63) is 51.2 Å². The van der Waals surface area contributed by atoms with Crippen LogP contribution in [-0.4, -0.2) is 14.7 Å². The van der Waals surface area contributed by atoms with Crippen molar-refractivity contribution < 1.29 is 8.42 Å². The Hall–Kier alpha value is -0.880. The van der Waals surface area contributed by atoms with Crippen molar-refractivity contribution in [3.8, 4) is 0 Å². The minimum atomic E-state index is -3.29. The van der Waals surface area contributed by atoms with Crippen LogP contribution in [0.2, 0.25) is 5.02 Å². The van der Waals surface area contributed by atoms with E-state index >= 15 is 0 Å². The van der Waals surface area contributed by atoms with Gasteiger partial charge in [-0.1, -0.05) is 30.7 Å². The fourth-order valence-electron chi connectivity index (χ4n) is 2.22. The minimum absolute atomic E-state index is 0.202. The zero-order valence-corrected chi connectivity index (χ0v) is 14.4. The molecule has 1 aromatic heterocycles. The second kappa shape index (κ2) is 6.92. The van der Waals surface area contributed by atoms with E-state index in [4.69, 9.17) is 11.6 Å². The Bertz CT molecular complexity index is 696. The number of benzene rings is 1. The first-order valence-electron chi connectivity index (χ1n) is 6.67. The Morgan fingerprint density at radius 2 is 2.05 bits per heavy atom. The van der Waals surface area contributed by atoms with Gasteiger partial charge in [-0.2, -0.15) is 0 Å². The maximum Gasteiger partial charge on any atom is 0.175 e.